The molecule has 0 N–H and O–H groups in total. The molecule has 10 aromatic rings. The largest absolute Gasteiger partial charge is 0.456 e. The van der Waals surface area contributed by atoms with E-state index in [-0.39, 0.29) is 0 Å². The summed E-state index contributed by atoms with van der Waals surface area (Å²) < 4.78 is 6.34. The highest BCUT2D eigenvalue weighted by molar-refractivity contribution is 7.99. The predicted molar refractivity (Wildman–Crippen MR) is 228 cm³/mol. The summed E-state index contributed by atoms with van der Waals surface area (Å²) in [5.41, 5.74) is 11.0. The maximum atomic E-state index is 6.34. The van der Waals surface area contributed by atoms with Gasteiger partial charge < -0.3 is 14.2 Å². The fraction of sp³-hybridized carbons (Fsp3) is 0. The van der Waals surface area contributed by atoms with Gasteiger partial charge in [-0.15, -0.1) is 0 Å². The molecule has 1 aliphatic rings. The third kappa shape index (κ3) is 4.99. The molecular weight excluding hydrogens is 677 g/mol. The summed E-state index contributed by atoms with van der Waals surface area (Å²) >= 11 is 1.86. The number of hydrogen-bond donors (Lipinski definition) is 0. The number of furan rings is 1. The number of fused-ring (bicyclic) bond motifs is 7. The summed E-state index contributed by atoms with van der Waals surface area (Å²) in [6.07, 6.45) is 0. The quantitative estimate of drug-likeness (QED) is 0.160. The van der Waals surface area contributed by atoms with E-state index in [0.29, 0.717) is 0 Å². The maximum Gasteiger partial charge on any atom is 0.137 e. The predicted octanol–water partition coefficient (Wildman–Crippen LogP) is 15.0. The summed E-state index contributed by atoms with van der Waals surface area (Å²) in [6.45, 7) is 0. The van der Waals surface area contributed by atoms with E-state index in [1.54, 1.807) is 0 Å². The molecule has 1 aliphatic heterocycles. The molecule has 4 heteroatoms. The van der Waals surface area contributed by atoms with Gasteiger partial charge in [-0.3, -0.25) is 0 Å². The molecular formula is C50H32N2OS. The SMILES string of the molecule is c1ccc(N(c2ccc3c(c2)Sc2cccc4c2c-3cc2ccc(N(c3ccccc3)c3ccccc3)cc24)c2ccc3c(c2)oc2ccccc23)cc1. The minimum Gasteiger partial charge on any atom is -0.456 e. The van der Waals surface area contributed by atoms with Gasteiger partial charge in [0.1, 0.15) is 11.2 Å². The van der Waals surface area contributed by atoms with E-state index in [2.05, 4.69) is 192 Å². The van der Waals surface area contributed by atoms with E-state index in [0.717, 1.165) is 56.1 Å². The van der Waals surface area contributed by atoms with E-state index >= 15 is 0 Å². The van der Waals surface area contributed by atoms with Crippen molar-refractivity contribution in [1.29, 1.82) is 0 Å². The first kappa shape index (κ1) is 30.8. The first-order chi connectivity index (χ1) is 26.8. The summed E-state index contributed by atoms with van der Waals surface area (Å²) in [5, 5.41) is 7.33. The number of anilines is 6. The lowest BCUT2D eigenvalue weighted by Crippen LogP contribution is -2.10. The first-order valence-electron chi connectivity index (χ1n) is 18.3. The minimum atomic E-state index is 0.883. The molecule has 0 unspecified atom stereocenters. The maximum absolute atomic E-state index is 6.34. The van der Waals surface area contributed by atoms with Crippen molar-refractivity contribution in [3.05, 3.63) is 194 Å². The minimum absolute atomic E-state index is 0.883. The topological polar surface area (TPSA) is 19.6 Å². The lowest BCUT2D eigenvalue weighted by molar-refractivity contribution is 0.669. The van der Waals surface area contributed by atoms with Gasteiger partial charge in [-0.1, -0.05) is 109 Å². The van der Waals surface area contributed by atoms with Crippen LogP contribution < -0.4 is 9.80 Å². The molecule has 0 bridgehead atoms. The average Bonchev–Trinajstić information content (AvgIpc) is 3.60. The molecule has 54 heavy (non-hydrogen) atoms. The van der Waals surface area contributed by atoms with Crippen molar-refractivity contribution in [2.75, 3.05) is 9.80 Å². The van der Waals surface area contributed by atoms with E-state index in [1.807, 2.05) is 23.9 Å². The second kappa shape index (κ2) is 12.4. The van der Waals surface area contributed by atoms with Crippen molar-refractivity contribution >= 4 is 89.4 Å². The molecule has 0 atom stereocenters. The molecule has 9 aromatic carbocycles. The third-order valence-corrected chi connectivity index (χ3v) is 11.7. The molecule has 1 aromatic heterocycles. The summed E-state index contributed by atoms with van der Waals surface area (Å²) in [5.74, 6) is 0. The molecule has 0 aliphatic carbocycles. The van der Waals surface area contributed by atoms with Crippen molar-refractivity contribution in [2.45, 2.75) is 9.79 Å². The number of hydrogen-bond acceptors (Lipinski definition) is 4. The van der Waals surface area contributed by atoms with Crippen LogP contribution in [0.4, 0.5) is 34.1 Å². The van der Waals surface area contributed by atoms with Crippen LogP contribution in [0.15, 0.2) is 208 Å². The monoisotopic (exact) mass is 708 g/mol. The molecule has 2 heterocycles. The molecule has 0 amide bonds. The Labute approximate surface area is 317 Å². The molecule has 0 fully saturated rings. The Hall–Kier alpha value is -6.75. The Morgan fingerprint density at radius 2 is 0.907 bits per heavy atom. The Morgan fingerprint density at radius 1 is 0.333 bits per heavy atom. The van der Waals surface area contributed by atoms with Gasteiger partial charge in [0.15, 0.2) is 0 Å². The lowest BCUT2D eigenvalue weighted by Gasteiger charge is -2.28. The third-order valence-electron chi connectivity index (χ3n) is 10.6. The molecule has 11 rings (SSSR count). The summed E-state index contributed by atoms with van der Waals surface area (Å²) in [4.78, 5) is 7.19. The summed E-state index contributed by atoms with van der Waals surface area (Å²) in [6, 6.07) is 69.6. The van der Waals surface area contributed by atoms with Crippen LogP contribution >= 0.6 is 11.8 Å². The molecule has 3 nitrogen and oxygen atoms in total. The van der Waals surface area contributed by atoms with Gasteiger partial charge in [-0.25, -0.2) is 0 Å². The van der Waals surface area contributed by atoms with Gasteiger partial charge in [0.2, 0.25) is 0 Å². The van der Waals surface area contributed by atoms with Crippen molar-refractivity contribution < 1.29 is 4.42 Å². The van der Waals surface area contributed by atoms with E-state index in [1.165, 1.54) is 42.5 Å². The van der Waals surface area contributed by atoms with Gasteiger partial charge in [0.25, 0.3) is 0 Å². The number of benzene rings is 9. The van der Waals surface area contributed by atoms with Crippen LogP contribution in [0.2, 0.25) is 0 Å². The second-order valence-corrected chi connectivity index (χ2v) is 14.8. The van der Waals surface area contributed by atoms with Gasteiger partial charge >= 0.3 is 0 Å². The number of rotatable bonds is 6. The highest BCUT2D eigenvalue weighted by atomic mass is 32.2. The van der Waals surface area contributed by atoms with Crippen molar-refractivity contribution in [3.8, 4) is 11.1 Å². The van der Waals surface area contributed by atoms with Crippen LogP contribution in [0.5, 0.6) is 0 Å². The van der Waals surface area contributed by atoms with Crippen LogP contribution in [0, 0.1) is 0 Å². The van der Waals surface area contributed by atoms with Crippen molar-refractivity contribution in [2.24, 2.45) is 0 Å². The fourth-order valence-electron chi connectivity index (χ4n) is 8.16. The Bertz CT molecular complexity index is 2990. The van der Waals surface area contributed by atoms with Gasteiger partial charge in [-0.2, -0.15) is 0 Å². The first-order valence-corrected chi connectivity index (χ1v) is 19.1. The Kier molecular flexibility index (Phi) is 7.10. The molecule has 0 radical (unpaired) electrons. The van der Waals surface area contributed by atoms with Crippen LogP contribution in [0.3, 0.4) is 0 Å². The van der Waals surface area contributed by atoms with Crippen molar-refractivity contribution in [1.82, 2.24) is 0 Å². The van der Waals surface area contributed by atoms with Crippen LogP contribution in [0.1, 0.15) is 0 Å². The Morgan fingerprint density at radius 3 is 1.65 bits per heavy atom. The van der Waals surface area contributed by atoms with Crippen LogP contribution in [-0.4, -0.2) is 0 Å². The zero-order valence-electron chi connectivity index (χ0n) is 29.2. The molecule has 0 spiro atoms. The average molecular weight is 709 g/mol. The van der Waals surface area contributed by atoms with Gasteiger partial charge in [-0.05, 0) is 118 Å². The van der Waals surface area contributed by atoms with Gasteiger partial charge in [0.05, 0.1) is 0 Å². The molecule has 254 valence electrons. The van der Waals surface area contributed by atoms with Crippen LogP contribution in [0.25, 0.3) is 54.6 Å². The van der Waals surface area contributed by atoms with Crippen molar-refractivity contribution in [3.63, 3.8) is 0 Å². The fourth-order valence-corrected chi connectivity index (χ4v) is 9.33. The lowest BCUT2D eigenvalue weighted by atomic mass is 9.92. The summed E-state index contributed by atoms with van der Waals surface area (Å²) in [7, 11) is 0. The van der Waals surface area contributed by atoms with Crippen LogP contribution in [-0.2, 0) is 0 Å². The zero-order chi connectivity index (χ0) is 35.6. The highest BCUT2D eigenvalue weighted by Gasteiger charge is 2.24. The smallest absolute Gasteiger partial charge is 0.137 e. The number of nitrogens with zero attached hydrogens (tertiary/aromatic N) is 2. The number of para-hydroxylation sites is 4. The van der Waals surface area contributed by atoms with E-state index in [4.69, 9.17) is 4.42 Å². The van der Waals surface area contributed by atoms with Gasteiger partial charge in [0, 0.05) is 66.1 Å². The van der Waals surface area contributed by atoms with E-state index in [9.17, 15) is 0 Å². The normalized spacial score (nSPS) is 12.0. The highest BCUT2D eigenvalue weighted by Crippen LogP contribution is 2.52. The standard InChI is InChI=1S/C50H32N2OS/c1-4-13-34(14-5-1)51(35-15-6-2-7-16-35)37-24-23-33-29-45-42-28-26-39(32-49(42)54-48-22-12-20-43(50(45)48)44(33)30-37)52(36-17-8-3-9-18-36)38-25-27-41-40-19-10-11-21-46(40)53-47(41)31-38/h1-32H. The molecule has 0 saturated carbocycles. The Balaban J connectivity index is 1.05. The van der Waals surface area contributed by atoms with E-state index < -0.39 is 0 Å². The second-order valence-electron chi connectivity index (χ2n) is 13.7. The zero-order valence-corrected chi connectivity index (χ0v) is 30.0. The molecule has 0 saturated heterocycles.